The van der Waals surface area contributed by atoms with Gasteiger partial charge in [-0.15, -0.1) is 0 Å². The molecule has 0 aliphatic carbocycles. The van der Waals surface area contributed by atoms with Crippen molar-refractivity contribution >= 4 is 0 Å². The van der Waals surface area contributed by atoms with Gasteiger partial charge in [-0.05, 0) is 44.0 Å². The summed E-state index contributed by atoms with van der Waals surface area (Å²) in [6.45, 7) is 10.3. The van der Waals surface area contributed by atoms with Gasteiger partial charge in [-0.25, -0.2) is 0 Å². The lowest BCUT2D eigenvalue weighted by Crippen LogP contribution is -2.28. The summed E-state index contributed by atoms with van der Waals surface area (Å²) < 4.78 is 5.49. The minimum atomic E-state index is -0.299. The van der Waals surface area contributed by atoms with Crippen LogP contribution in [0.2, 0.25) is 0 Å². The molecule has 2 nitrogen and oxygen atoms in total. The molecule has 0 bridgehead atoms. The Labute approximate surface area is 91.7 Å². The van der Waals surface area contributed by atoms with Crippen LogP contribution >= 0.6 is 0 Å². The zero-order chi connectivity index (χ0) is 11.5. The molecular weight excluding hydrogens is 186 g/mol. The molecule has 0 radical (unpaired) electrons. The second kappa shape index (κ2) is 4.49. The summed E-state index contributed by atoms with van der Waals surface area (Å²) in [7, 11) is 0. The Morgan fingerprint density at radius 2 is 1.87 bits per heavy atom. The van der Waals surface area contributed by atoms with Gasteiger partial charge in [-0.3, -0.25) is 0 Å². The van der Waals surface area contributed by atoms with E-state index in [0.29, 0.717) is 6.61 Å². The second-order valence-corrected chi connectivity index (χ2v) is 4.49. The fraction of sp³-hybridized carbons (Fsp3) is 0.385. The highest BCUT2D eigenvalue weighted by molar-refractivity contribution is 5.31. The maximum atomic E-state index is 5.97. The molecule has 0 fully saturated rings. The maximum Gasteiger partial charge on any atom is 0.119 e. The predicted octanol–water partition coefficient (Wildman–Crippen LogP) is 2.84. The van der Waals surface area contributed by atoms with Gasteiger partial charge < -0.3 is 10.5 Å². The monoisotopic (exact) mass is 205 g/mol. The number of rotatable bonds is 4. The van der Waals surface area contributed by atoms with Gasteiger partial charge >= 0.3 is 0 Å². The van der Waals surface area contributed by atoms with Gasteiger partial charge in [0.1, 0.15) is 12.4 Å². The zero-order valence-corrected chi connectivity index (χ0v) is 9.71. The van der Waals surface area contributed by atoms with Crippen molar-refractivity contribution in [2.24, 2.45) is 5.73 Å². The minimum absolute atomic E-state index is 0.299. The Bertz CT molecular complexity index is 333. The summed E-state index contributed by atoms with van der Waals surface area (Å²) in [5, 5.41) is 0. The molecule has 0 spiro atoms. The van der Waals surface area contributed by atoms with Gasteiger partial charge in [-0.2, -0.15) is 0 Å². The molecule has 0 atom stereocenters. The quantitative estimate of drug-likeness (QED) is 0.767. The average Bonchev–Trinajstić information content (AvgIpc) is 2.14. The lowest BCUT2D eigenvalue weighted by molar-refractivity contribution is 0.352. The van der Waals surface area contributed by atoms with E-state index in [9.17, 15) is 0 Å². The fourth-order valence-corrected chi connectivity index (χ4v) is 1.19. The SMILES string of the molecule is C=C(C)COc1ccc(C(C)(C)N)cc1. The van der Waals surface area contributed by atoms with Crippen LogP contribution in [0.25, 0.3) is 0 Å². The Balaban J connectivity index is 2.69. The van der Waals surface area contributed by atoms with E-state index in [1.807, 2.05) is 45.0 Å². The lowest BCUT2D eigenvalue weighted by Gasteiger charge is -2.19. The van der Waals surface area contributed by atoms with E-state index in [1.165, 1.54) is 0 Å². The van der Waals surface area contributed by atoms with Crippen molar-refractivity contribution in [3.8, 4) is 5.75 Å². The highest BCUT2D eigenvalue weighted by Gasteiger charge is 2.13. The Morgan fingerprint density at radius 1 is 1.33 bits per heavy atom. The van der Waals surface area contributed by atoms with Crippen LogP contribution in [-0.4, -0.2) is 6.61 Å². The van der Waals surface area contributed by atoms with Crippen LogP contribution in [-0.2, 0) is 5.54 Å². The van der Waals surface area contributed by atoms with Crippen molar-refractivity contribution in [3.05, 3.63) is 42.0 Å². The van der Waals surface area contributed by atoms with Gasteiger partial charge in [0.2, 0.25) is 0 Å². The average molecular weight is 205 g/mol. The summed E-state index contributed by atoms with van der Waals surface area (Å²) in [5.41, 5.74) is 7.79. The van der Waals surface area contributed by atoms with Crippen LogP contribution in [0, 0.1) is 0 Å². The van der Waals surface area contributed by atoms with Gasteiger partial charge in [-0.1, -0.05) is 18.7 Å². The molecule has 1 rings (SSSR count). The van der Waals surface area contributed by atoms with Crippen molar-refractivity contribution in [3.63, 3.8) is 0 Å². The van der Waals surface area contributed by atoms with E-state index in [0.717, 1.165) is 16.9 Å². The summed E-state index contributed by atoms with van der Waals surface area (Å²) in [5.74, 6) is 0.853. The Morgan fingerprint density at radius 3 is 2.27 bits per heavy atom. The number of benzene rings is 1. The van der Waals surface area contributed by atoms with Gasteiger partial charge in [0.05, 0.1) is 0 Å². The second-order valence-electron chi connectivity index (χ2n) is 4.49. The number of hydrogen-bond acceptors (Lipinski definition) is 2. The smallest absolute Gasteiger partial charge is 0.119 e. The van der Waals surface area contributed by atoms with Crippen molar-refractivity contribution in [2.45, 2.75) is 26.3 Å². The maximum absolute atomic E-state index is 5.97. The van der Waals surface area contributed by atoms with E-state index in [1.54, 1.807) is 0 Å². The van der Waals surface area contributed by atoms with Crippen LogP contribution in [0.1, 0.15) is 26.3 Å². The fourth-order valence-electron chi connectivity index (χ4n) is 1.19. The van der Waals surface area contributed by atoms with Gasteiger partial charge in [0, 0.05) is 5.54 Å². The molecule has 82 valence electrons. The van der Waals surface area contributed by atoms with E-state index in [2.05, 4.69) is 6.58 Å². The van der Waals surface area contributed by atoms with Crippen LogP contribution in [0.3, 0.4) is 0 Å². The molecule has 0 amide bonds. The molecule has 2 heteroatoms. The summed E-state index contributed by atoms with van der Waals surface area (Å²) in [6, 6.07) is 7.86. The van der Waals surface area contributed by atoms with Crippen LogP contribution in [0.15, 0.2) is 36.4 Å². The molecule has 2 N–H and O–H groups in total. The third-order valence-electron chi connectivity index (χ3n) is 2.08. The minimum Gasteiger partial charge on any atom is -0.489 e. The lowest BCUT2D eigenvalue weighted by atomic mass is 9.96. The van der Waals surface area contributed by atoms with E-state index >= 15 is 0 Å². The van der Waals surface area contributed by atoms with E-state index < -0.39 is 0 Å². The molecule has 0 aliphatic heterocycles. The van der Waals surface area contributed by atoms with Crippen LogP contribution in [0.4, 0.5) is 0 Å². The first-order valence-electron chi connectivity index (χ1n) is 5.06. The highest BCUT2D eigenvalue weighted by atomic mass is 16.5. The van der Waals surface area contributed by atoms with Crippen molar-refractivity contribution in [2.75, 3.05) is 6.61 Å². The molecule has 15 heavy (non-hydrogen) atoms. The molecule has 0 heterocycles. The zero-order valence-electron chi connectivity index (χ0n) is 9.71. The number of nitrogens with two attached hydrogens (primary N) is 1. The predicted molar refractivity (Wildman–Crippen MR) is 64.0 cm³/mol. The largest absolute Gasteiger partial charge is 0.489 e. The third kappa shape index (κ3) is 3.76. The number of hydrogen-bond donors (Lipinski definition) is 1. The van der Waals surface area contributed by atoms with Crippen LogP contribution < -0.4 is 10.5 Å². The molecule has 1 aromatic carbocycles. The van der Waals surface area contributed by atoms with E-state index in [-0.39, 0.29) is 5.54 Å². The summed E-state index contributed by atoms with van der Waals surface area (Å²) in [4.78, 5) is 0. The topological polar surface area (TPSA) is 35.2 Å². The molecule has 1 aromatic rings. The first kappa shape index (κ1) is 11.8. The first-order chi connectivity index (χ1) is 6.89. The van der Waals surface area contributed by atoms with Crippen molar-refractivity contribution < 1.29 is 4.74 Å². The summed E-state index contributed by atoms with van der Waals surface area (Å²) >= 11 is 0. The third-order valence-corrected chi connectivity index (χ3v) is 2.08. The molecule has 0 aliphatic rings. The van der Waals surface area contributed by atoms with Crippen molar-refractivity contribution in [1.82, 2.24) is 0 Å². The molecular formula is C13H19NO. The molecule has 0 saturated carbocycles. The molecule has 0 unspecified atom stereocenters. The Kier molecular flexibility index (Phi) is 3.53. The Hall–Kier alpha value is -1.28. The molecule has 0 saturated heterocycles. The standard InChI is InChI=1S/C13H19NO/c1-10(2)9-15-12-7-5-11(6-8-12)13(3,4)14/h5-8H,1,9,14H2,2-4H3. The van der Waals surface area contributed by atoms with Crippen molar-refractivity contribution in [1.29, 1.82) is 0 Å². The summed E-state index contributed by atoms with van der Waals surface area (Å²) in [6.07, 6.45) is 0. The van der Waals surface area contributed by atoms with E-state index in [4.69, 9.17) is 10.5 Å². The van der Waals surface area contributed by atoms with Crippen LogP contribution in [0.5, 0.6) is 5.75 Å². The van der Waals surface area contributed by atoms with Gasteiger partial charge in [0.15, 0.2) is 0 Å². The molecule has 0 aromatic heterocycles. The van der Waals surface area contributed by atoms with Gasteiger partial charge in [0.25, 0.3) is 0 Å². The highest BCUT2D eigenvalue weighted by Crippen LogP contribution is 2.20. The number of ether oxygens (including phenoxy) is 1. The first-order valence-corrected chi connectivity index (χ1v) is 5.06. The normalized spacial score (nSPS) is 11.2.